The molecule has 1 N–H and O–H groups in total. The molecule has 148 valence electrons. The van der Waals surface area contributed by atoms with Gasteiger partial charge in [0, 0.05) is 13.1 Å². The number of benzene rings is 2. The molecule has 0 spiro atoms. The lowest BCUT2D eigenvalue weighted by Crippen LogP contribution is -2.44. The van der Waals surface area contributed by atoms with Gasteiger partial charge in [-0.1, -0.05) is 42.5 Å². The number of hydrogen-bond donors (Lipinski definition) is 1. The van der Waals surface area contributed by atoms with Crippen LogP contribution in [-0.2, 0) is 22.4 Å². The van der Waals surface area contributed by atoms with E-state index in [1.807, 2.05) is 35.2 Å². The summed E-state index contributed by atoms with van der Waals surface area (Å²) in [5, 5.41) is 2.75. The van der Waals surface area contributed by atoms with E-state index in [1.54, 1.807) is 7.11 Å². The van der Waals surface area contributed by atoms with E-state index in [4.69, 9.17) is 4.74 Å². The topological polar surface area (TPSA) is 58.6 Å². The van der Waals surface area contributed by atoms with E-state index in [0.717, 1.165) is 43.7 Å². The molecule has 3 rings (SSSR count). The molecular formula is C23H28N2O3. The lowest BCUT2D eigenvalue weighted by atomic mass is 9.90. The molecule has 0 aromatic heterocycles. The van der Waals surface area contributed by atoms with Crippen LogP contribution in [0, 0.1) is 5.92 Å². The summed E-state index contributed by atoms with van der Waals surface area (Å²) in [6.07, 6.45) is 3.36. The van der Waals surface area contributed by atoms with Gasteiger partial charge in [0.2, 0.25) is 11.8 Å². The molecule has 1 aliphatic heterocycles. The molecule has 1 aliphatic rings. The Labute approximate surface area is 166 Å². The molecule has 28 heavy (non-hydrogen) atoms. The van der Waals surface area contributed by atoms with Crippen LogP contribution in [0.3, 0.4) is 0 Å². The maximum Gasteiger partial charge on any atom is 0.241 e. The van der Waals surface area contributed by atoms with Gasteiger partial charge in [0.05, 0.1) is 20.1 Å². The molecule has 0 saturated carbocycles. The van der Waals surface area contributed by atoms with Gasteiger partial charge in [-0.05, 0) is 48.4 Å². The molecule has 0 atom stereocenters. The number of ether oxygens (including phenoxy) is 1. The second-order valence-electron chi connectivity index (χ2n) is 7.32. The molecule has 1 heterocycles. The number of carbonyl (C=O) groups excluding carboxylic acids is 2. The van der Waals surface area contributed by atoms with Crippen LogP contribution in [0.4, 0.5) is 0 Å². The Morgan fingerprint density at radius 1 is 1.00 bits per heavy atom. The third-order valence-electron chi connectivity index (χ3n) is 5.29. The maximum atomic E-state index is 12.4. The Balaban J connectivity index is 1.37. The Morgan fingerprint density at radius 2 is 1.68 bits per heavy atom. The highest BCUT2D eigenvalue weighted by atomic mass is 16.5. The van der Waals surface area contributed by atoms with Crippen molar-refractivity contribution in [2.24, 2.45) is 5.92 Å². The van der Waals surface area contributed by atoms with Crippen molar-refractivity contribution in [2.45, 2.75) is 25.7 Å². The summed E-state index contributed by atoms with van der Waals surface area (Å²) in [4.78, 5) is 26.4. The van der Waals surface area contributed by atoms with Gasteiger partial charge in [-0.15, -0.1) is 0 Å². The van der Waals surface area contributed by atoms with Crippen molar-refractivity contribution in [3.63, 3.8) is 0 Å². The number of carbonyl (C=O) groups is 2. The maximum absolute atomic E-state index is 12.4. The summed E-state index contributed by atoms with van der Waals surface area (Å²) in [6, 6.07) is 17.9. The van der Waals surface area contributed by atoms with Crippen LogP contribution < -0.4 is 10.1 Å². The van der Waals surface area contributed by atoms with Gasteiger partial charge in [0.1, 0.15) is 5.75 Å². The predicted octanol–water partition coefficient (Wildman–Crippen LogP) is 2.84. The number of nitrogens with one attached hydrogen (secondary N) is 1. The first-order valence-electron chi connectivity index (χ1n) is 9.85. The number of rotatable bonds is 7. The van der Waals surface area contributed by atoms with E-state index in [-0.39, 0.29) is 24.8 Å². The van der Waals surface area contributed by atoms with Gasteiger partial charge in [-0.25, -0.2) is 0 Å². The van der Waals surface area contributed by atoms with Crippen molar-refractivity contribution in [3.8, 4) is 5.75 Å². The first-order chi connectivity index (χ1) is 13.6. The summed E-state index contributed by atoms with van der Waals surface area (Å²) in [5.41, 5.74) is 2.26. The average molecular weight is 380 g/mol. The quantitative estimate of drug-likeness (QED) is 0.804. The van der Waals surface area contributed by atoms with Gasteiger partial charge in [-0.2, -0.15) is 0 Å². The van der Waals surface area contributed by atoms with Crippen molar-refractivity contribution in [3.05, 3.63) is 65.7 Å². The fourth-order valence-electron chi connectivity index (χ4n) is 3.61. The van der Waals surface area contributed by atoms with Crippen LogP contribution >= 0.6 is 0 Å². The number of hydrogen-bond acceptors (Lipinski definition) is 3. The van der Waals surface area contributed by atoms with E-state index < -0.39 is 0 Å². The molecule has 2 aromatic rings. The smallest absolute Gasteiger partial charge is 0.241 e. The Hall–Kier alpha value is -2.82. The van der Waals surface area contributed by atoms with Crippen molar-refractivity contribution in [1.82, 2.24) is 10.2 Å². The molecule has 1 saturated heterocycles. The highest BCUT2D eigenvalue weighted by molar-refractivity contribution is 5.85. The van der Waals surface area contributed by atoms with Crippen molar-refractivity contribution >= 4 is 11.8 Å². The summed E-state index contributed by atoms with van der Waals surface area (Å²) in [5.74, 6) is 1.24. The molecule has 5 heteroatoms. The summed E-state index contributed by atoms with van der Waals surface area (Å²) < 4.78 is 5.11. The molecule has 0 bridgehead atoms. The van der Waals surface area contributed by atoms with E-state index in [0.29, 0.717) is 5.92 Å². The number of likely N-dealkylation sites (tertiary alicyclic amines) is 1. The van der Waals surface area contributed by atoms with Crippen LogP contribution in [0.15, 0.2) is 54.6 Å². The third-order valence-corrected chi connectivity index (χ3v) is 5.29. The fourth-order valence-corrected chi connectivity index (χ4v) is 3.61. The minimum Gasteiger partial charge on any atom is -0.497 e. The minimum atomic E-state index is -0.141. The number of piperidine rings is 1. The molecule has 0 radical (unpaired) electrons. The standard InChI is InChI=1S/C23H28N2O3/c1-28-21-9-7-19(8-10-21)16-22(26)24-17-23(27)25-13-11-20(12-14-25)15-18-5-3-2-4-6-18/h2-10,20H,11-17H2,1H3,(H,24,26). The van der Waals surface area contributed by atoms with E-state index in [2.05, 4.69) is 29.6 Å². The SMILES string of the molecule is COc1ccc(CC(=O)NCC(=O)N2CCC(Cc3ccccc3)CC2)cc1. The monoisotopic (exact) mass is 380 g/mol. The Kier molecular flexibility index (Phi) is 7.06. The second kappa shape index (κ2) is 9.93. The molecule has 2 aromatic carbocycles. The first kappa shape index (κ1) is 19.9. The zero-order valence-corrected chi connectivity index (χ0v) is 16.4. The molecule has 5 nitrogen and oxygen atoms in total. The Bertz CT molecular complexity index is 766. The van der Waals surface area contributed by atoms with Crippen molar-refractivity contribution in [2.75, 3.05) is 26.7 Å². The van der Waals surface area contributed by atoms with Crippen LogP contribution in [0.25, 0.3) is 0 Å². The molecular weight excluding hydrogens is 352 g/mol. The van der Waals surface area contributed by atoms with Gasteiger partial charge < -0.3 is 15.0 Å². The normalized spacial score (nSPS) is 14.5. The number of amides is 2. The average Bonchev–Trinajstić information content (AvgIpc) is 2.74. The number of methoxy groups -OCH3 is 1. The van der Waals surface area contributed by atoms with Gasteiger partial charge in [0.25, 0.3) is 0 Å². The molecule has 0 unspecified atom stereocenters. The molecule has 1 fully saturated rings. The minimum absolute atomic E-state index is 0.00115. The van der Waals surface area contributed by atoms with Gasteiger partial charge >= 0.3 is 0 Å². The molecule has 2 amide bonds. The van der Waals surface area contributed by atoms with Crippen molar-refractivity contribution in [1.29, 1.82) is 0 Å². The van der Waals surface area contributed by atoms with Crippen LogP contribution in [0.5, 0.6) is 5.75 Å². The lowest BCUT2D eigenvalue weighted by Gasteiger charge is -2.32. The lowest BCUT2D eigenvalue weighted by molar-refractivity contribution is -0.133. The van der Waals surface area contributed by atoms with E-state index in [1.165, 1.54) is 5.56 Å². The van der Waals surface area contributed by atoms with Crippen molar-refractivity contribution < 1.29 is 14.3 Å². The predicted molar refractivity (Wildman–Crippen MR) is 109 cm³/mol. The highest BCUT2D eigenvalue weighted by Crippen LogP contribution is 2.21. The van der Waals surface area contributed by atoms with Crippen LogP contribution in [-0.4, -0.2) is 43.5 Å². The van der Waals surface area contributed by atoms with E-state index >= 15 is 0 Å². The third kappa shape index (κ3) is 5.84. The molecule has 0 aliphatic carbocycles. The fraction of sp³-hybridized carbons (Fsp3) is 0.391. The Morgan fingerprint density at radius 3 is 2.32 bits per heavy atom. The van der Waals surface area contributed by atoms with Crippen LogP contribution in [0.2, 0.25) is 0 Å². The van der Waals surface area contributed by atoms with Gasteiger partial charge in [0.15, 0.2) is 0 Å². The first-order valence-corrected chi connectivity index (χ1v) is 9.85. The van der Waals surface area contributed by atoms with Gasteiger partial charge in [-0.3, -0.25) is 9.59 Å². The summed E-state index contributed by atoms with van der Waals surface area (Å²) in [7, 11) is 1.61. The second-order valence-corrected chi connectivity index (χ2v) is 7.32. The number of nitrogens with zero attached hydrogens (tertiary/aromatic N) is 1. The summed E-state index contributed by atoms with van der Waals surface area (Å²) in [6.45, 7) is 1.60. The van der Waals surface area contributed by atoms with E-state index in [9.17, 15) is 9.59 Å². The summed E-state index contributed by atoms with van der Waals surface area (Å²) >= 11 is 0. The largest absolute Gasteiger partial charge is 0.497 e. The zero-order valence-electron chi connectivity index (χ0n) is 16.4. The van der Waals surface area contributed by atoms with Crippen LogP contribution in [0.1, 0.15) is 24.0 Å². The highest BCUT2D eigenvalue weighted by Gasteiger charge is 2.23. The zero-order chi connectivity index (χ0) is 19.8.